The van der Waals surface area contributed by atoms with Crippen LogP contribution in [0.4, 0.5) is 5.69 Å². The fourth-order valence-corrected chi connectivity index (χ4v) is 5.47. The molecule has 0 aromatic heterocycles. The average molecular weight is 389 g/mol. The smallest absolute Gasteiger partial charge is 0.237 e. The van der Waals surface area contributed by atoms with Crippen molar-refractivity contribution in [1.29, 1.82) is 0 Å². The van der Waals surface area contributed by atoms with Gasteiger partial charge in [0.2, 0.25) is 11.8 Å². The second-order valence-corrected chi connectivity index (χ2v) is 8.42. The van der Waals surface area contributed by atoms with Gasteiger partial charge >= 0.3 is 0 Å². The van der Waals surface area contributed by atoms with Crippen molar-refractivity contribution < 1.29 is 19.1 Å². The standard InChI is InChI=1S/C24H23NO4/c1-14-11-18(29-13-20(26)15-5-3-2-4-6-15)9-10-19(14)25-23(27)21-16-7-8-17(12-16)22(21)24(25)28/h2-6,9-11,16-17,21-22H,7-8,12-13H2,1H3/t16-,17-,21-,22-/m0/s1. The maximum atomic E-state index is 13.0. The van der Waals surface area contributed by atoms with Crippen LogP contribution in [-0.4, -0.2) is 24.2 Å². The molecule has 29 heavy (non-hydrogen) atoms. The third kappa shape index (κ3) is 2.87. The molecule has 1 heterocycles. The predicted molar refractivity (Wildman–Crippen MR) is 108 cm³/mol. The van der Waals surface area contributed by atoms with Crippen molar-refractivity contribution in [1.82, 2.24) is 0 Å². The summed E-state index contributed by atoms with van der Waals surface area (Å²) in [4.78, 5) is 39.7. The van der Waals surface area contributed by atoms with Crippen molar-refractivity contribution >= 4 is 23.3 Å². The molecule has 3 fully saturated rings. The summed E-state index contributed by atoms with van der Waals surface area (Å²) in [7, 11) is 0. The molecule has 148 valence electrons. The highest BCUT2D eigenvalue weighted by Gasteiger charge is 2.61. The van der Waals surface area contributed by atoms with Gasteiger partial charge in [-0.3, -0.25) is 14.4 Å². The lowest BCUT2D eigenvalue weighted by Gasteiger charge is -2.20. The van der Waals surface area contributed by atoms with Gasteiger partial charge in [0, 0.05) is 5.56 Å². The van der Waals surface area contributed by atoms with Crippen LogP contribution in [-0.2, 0) is 9.59 Å². The zero-order valence-electron chi connectivity index (χ0n) is 16.3. The van der Waals surface area contributed by atoms with Crippen LogP contribution in [0.1, 0.15) is 35.2 Å². The van der Waals surface area contributed by atoms with E-state index in [0.717, 1.165) is 24.8 Å². The topological polar surface area (TPSA) is 63.7 Å². The number of ether oxygens (including phenoxy) is 1. The summed E-state index contributed by atoms with van der Waals surface area (Å²) in [5, 5.41) is 0. The van der Waals surface area contributed by atoms with E-state index in [-0.39, 0.29) is 36.0 Å². The molecular weight excluding hydrogens is 366 g/mol. The molecule has 0 radical (unpaired) electrons. The first-order valence-corrected chi connectivity index (χ1v) is 10.2. The molecule has 5 nitrogen and oxygen atoms in total. The van der Waals surface area contributed by atoms with Crippen LogP contribution in [0.25, 0.3) is 0 Å². The van der Waals surface area contributed by atoms with Gasteiger partial charge in [0.05, 0.1) is 17.5 Å². The van der Waals surface area contributed by atoms with Gasteiger partial charge in [-0.15, -0.1) is 0 Å². The number of anilines is 1. The SMILES string of the molecule is Cc1cc(OCC(=O)c2ccccc2)ccc1N1C(=O)[C@H]2[C@H]3CC[C@@H](C3)[C@@H]2C1=O. The Kier molecular flexibility index (Phi) is 4.26. The number of imide groups is 1. The fourth-order valence-electron chi connectivity index (χ4n) is 5.47. The van der Waals surface area contributed by atoms with Gasteiger partial charge < -0.3 is 4.74 Å². The molecule has 2 aromatic rings. The number of hydrogen-bond donors (Lipinski definition) is 0. The number of rotatable bonds is 5. The van der Waals surface area contributed by atoms with Crippen LogP contribution < -0.4 is 9.64 Å². The molecule has 2 amide bonds. The summed E-state index contributed by atoms with van der Waals surface area (Å²) in [5.74, 6) is 0.874. The predicted octanol–water partition coefficient (Wildman–Crippen LogP) is 3.79. The number of carbonyl (C=O) groups is 3. The quantitative estimate of drug-likeness (QED) is 0.577. The lowest BCUT2D eigenvalue weighted by atomic mass is 9.81. The number of ketones is 1. The zero-order valence-corrected chi connectivity index (χ0v) is 16.3. The van der Waals surface area contributed by atoms with E-state index in [1.165, 1.54) is 4.90 Å². The number of fused-ring (bicyclic) bond motifs is 5. The van der Waals surface area contributed by atoms with Gasteiger partial charge in [-0.25, -0.2) is 4.90 Å². The minimum atomic E-state index is -0.125. The summed E-state index contributed by atoms with van der Waals surface area (Å²) in [6.45, 7) is 1.81. The van der Waals surface area contributed by atoms with E-state index < -0.39 is 0 Å². The minimum absolute atomic E-state index is 0.0387. The molecule has 5 heteroatoms. The van der Waals surface area contributed by atoms with Gasteiger partial charge in [0.1, 0.15) is 5.75 Å². The van der Waals surface area contributed by atoms with Crippen molar-refractivity contribution in [2.75, 3.05) is 11.5 Å². The van der Waals surface area contributed by atoms with E-state index in [1.54, 1.807) is 30.3 Å². The first-order valence-electron chi connectivity index (χ1n) is 10.2. The van der Waals surface area contributed by atoms with Crippen molar-refractivity contribution in [2.24, 2.45) is 23.7 Å². The Hall–Kier alpha value is -2.95. The molecular formula is C24H23NO4. The second kappa shape index (κ2) is 6.83. The third-order valence-corrected chi connectivity index (χ3v) is 6.80. The summed E-state index contributed by atoms with van der Waals surface area (Å²) in [6, 6.07) is 14.3. The summed E-state index contributed by atoms with van der Waals surface area (Å²) in [5.41, 5.74) is 2.04. The lowest BCUT2D eigenvalue weighted by molar-refractivity contribution is -0.123. The van der Waals surface area contributed by atoms with E-state index >= 15 is 0 Å². The van der Waals surface area contributed by atoms with E-state index in [0.29, 0.717) is 28.8 Å². The molecule has 3 aliphatic rings. The van der Waals surface area contributed by atoms with Crippen LogP contribution in [0.2, 0.25) is 0 Å². The van der Waals surface area contributed by atoms with Crippen molar-refractivity contribution in [3.63, 3.8) is 0 Å². The molecule has 1 saturated heterocycles. The van der Waals surface area contributed by atoms with E-state index in [2.05, 4.69) is 0 Å². The zero-order chi connectivity index (χ0) is 20.1. The number of Topliss-reactive ketones (excluding diaryl/α,β-unsaturated/α-hetero) is 1. The Morgan fingerprint density at radius 3 is 2.28 bits per heavy atom. The molecule has 2 saturated carbocycles. The number of hydrogen-bond acceptors (Lipinski definition) is 4. The van der Waals surface area contributed by atoms with Crippen LogP contribution in [0, 0.1) is 30.6 Å². The van der Waals surface area contributed by atoms with Gasteiger partial charge in [-0.1, -0.05) is 30.3 Å². The molecule has 1 aliphatic heterocycles. The van der Waals surface area contributed by atoms with Crippen LogP contribution in [0.5, 0.6) is 5.75 Å². The fraction of sp³-hybridized carbons (Fsp3) is 0.375. The van der Waals surface area contributed by atoms with Gasteiger partial charge in [-0.2, -0.15) is 0 Å². The van der Waals surface area contributed by atoms with Crippen molar-refractivity contribution in [3.8, 4) is 5.75 Å². The first kappa shape index (κ1) is 18.1. The molecule has 2 aromatic carbocycles. The summed E-state index contributed by atoms with van der Waals surface area (Å²) < 4.78 is 5.66. The van der Waals surface area contributed by atoms with E-state index in [1.807, 2.05) is 25.1 Å². The van der Waals surface area contributed by atoms with E-state index in [4.69, 9.17) is 4.74 Å². The molecule has 2 aliphatic carbocycles. The largest absolute Gasteiger partial charge is 0.485 e. The van der Waals surface area contributed by atoms with Gasteiger partial charge in [0.25, 0.3) is 0 Å². The Morgan fingerprint density at radius 1 is 1.00 bits per heavy atom. The normalized spacial score (nSPS) is 27.4. The highest BCUT2D eigenvalue weighted by Crippen LogP contribution is 2.56. The molecule has 0 N–H and O–H groups in total. The molecule has 5 rings (SSSR count). The second-order valence-electron chi connectivity index (χ2n) is 8.42. The summed E-state index contributed by atoms with van der Waals surface area (Å²) >= 11 is 0. The monoisotopic (exact) mass is 389 g/mol. The van der Waals surface area contributed by atoms with E-state index in [9.17, 15) is 14.4 Å². The average Bonchev–Trinajstić information content (AvgIpc) is 3.41. The lowest BCUT2D eigenvalue weighted by Crippen LogP contribution is -2.33. The van der Waals surface area contributed by atoms with Gasteiger partial charge in [0.15, 0.2) is 12.4 Å². The van der Waals surface area contributed by atoms with Crippen LogP contribution in [0.3, 0.4) is 0 Å². The number of benzene rings is 2. The Morgan fingerprint density at radius 2 is 1.66 bits per heavy atom. The van der Waals surface area contributed by atoms with Gasteiger partial charge in [-0.05, 0) is 61.8 Å². The minimum Gasteiger partial charge on any atom is -0.485 e. The highest BCUT2D eigenvalue weighted by molar-refractivity contribution is 6.23. The number of aryl methyl sites for hydroxylation is 1. The maximum Gasteiger partial charge on any atom is 0.237 e. The highest BCUT2D eigenvalue weighted by atomic mass is 16.5. The molecule has 0 spiro atoms. The number of carbonyl (C=O) groups excluding carboxylic acids is 3. The maximum absolute atomic E-state index is 13.0. The third-order valence-electron chi connectivity index (χ3n) is 6.80. The Labute approximate surface area is 169 Å². The Balaban J connectivity index is 1.32. The van der Waals surface area contributed by atoms with Crippen LogP contribution in [0.15, 0.2) is 48.5 Å². The van der Waals surface area contributed by atoms with Crippen LogP contribution >= 0.6 is 0 Å². The first-order chi connectivity index (χ1) is 14.0. The molecule has 0 unspecified atom stereocenters. The number of nitrogens with zero attached hydrogens (tertiary/aromatic N) is 1. The molecule has 4 atom stereocenters. The van der Waals surface area contributed by atoms with Crippen molar-refractivity contribution in [3.05, 3.63) is 59.7 Å². The number of amides is 2. The summed E-state index contributed by atoms with van der Waals surface area (Å²) in [6.07, 6.45) is 3.17. The molecule has 2 bridgehead atoms. The Bertz CT molecular complexity index is 971. The van der Waals surface area contributed by atoms with Crippen molar-refractivity contribution in [2.45, 2.75) is 26.2 Å².